The highest BCUT2D eigenvalue weighted by molar-refractivity contribution is 5.90. The average Bonchev–Trinajstić information content (AvgIpc) is 2.91. The largest absolute Gasteiger partial charge is 0.488 e. The number of carboxylic acids is 1. The number of carbonyl (C=O) groups is 2. The predicted octanol–water partition coefficient (Wildman–Crippen LogP) is 4.15. The Bertz CT molecular complexity index is 1280. The Morgan fingerprint density at radius 3 is 2.62 bits per heavy atom. The molecule has 1 fully saturated rings. The number of pyridine rings is 1. The lowest BCUT2D eigenvalue weighted by molar-refractivity contribution is -0.146. The number of rotatable bonds is 11. The monoisotopic (exact) mass is 533 g/mol. The molecule has 1 aliphatic heterocycles. The van der Waals surface area contributed by atoms with Crippen LogP contribution in [0, 0.1) is 5.41 Å². The van der Waals surface area contributed by atoms with E-state index in [1.165, 1.54) is 0 Å². The molecule has 1 unspecified atom stereocenters. The number of ether oxygens (including phenoxy) is 2. The first kappa shape index (κ1) is 27.8. The molecule has 0 radical (unpaired) electrons. The van der Waals surface area contributed by atoms with Crippen molar-refractivity contribution in [2.24, 2.45) is 5.41 Å². The fraction of sp³-hybridized carbons (Fsp3) is 0.414. The zero-order valence-electron chi connectivity index (χ0n) is 22.6. The Balaban J connectivity index is 1.34. The standard InChI is InChI=1S/C29H35N5O5/c1-4-38-23-8-5-14-30-26(23)39-22-7-6-16-34(19-22)24-13-15-31-28(32-24)33-25(35)17-20-9-11-21(12-10-20)18-29(2,3)27(36)37/h5,8-15,22H,4,6-7,16-19H2,1-3H3,(H,36,37)(H,31,32,33,35). The molecule has 1 aromatic carbocycles. The number of hydrogen-bond donors (Lipinski definition) is 2. The van der Waals surface area contributed by atoms with Crippen LogP contribution in [0.25, 0.3) is 0 Å². The molecule has 0 spiro atoms. The lowest BCUT2D eigenvalue weighted by atomic mass is 9.86. The molecule has 2 aromatic heterocycles. The van der Waals surface area contributed by atoms with Gasteiger partial charge in [-0.25, -0.2) is 9.97 Å². The normalized spacial score (nSPS) is 15.5. The molecule has 0 saturated carbocycles. The van der Waals surface area contributed by atoms with E-state index in [-0.39, 0.29) is 24.4 Å². The number of aliphatic carboxylic acids is 1. The zero-order valence-corrected chi connectivity index (χ0v) is 22.6. The summed E-state index contributed by atoms with van der Waals surface area (Å²) in [5.41, 5.74) is 0.869. The van der Waals surface area contributed by atoms with Crippen molar-refractivity contribution < 1.29 is 24.2 Å². The molecule has 2 N–H and O–H groups in total. The van der Waals surface area contributed by atoms with Gasteiger partial charge in [0.2, 0.25) is 11.9 Å². The molecule has 4 rings (SSSR count). The molecule has 10 heteroatoms. The van der Waals surface area contributed by atoms with Crippen LogP contribution >= 0.6 is 0 Å². The first-order valence-corrected chi connectivity index (χ1v) is 13.2. The minimum absolute atomic E-state index is 0.0788. The summed E-state index contributed by atoms with van der Waals surface area (Å²) < 4.78 is 11.8. The van der Waals surface area contributed by atoms with Crippen LogP contribution in [0.2, 0.25) is 0 Å². The van der Waals surface area contributed by atoms with Gasteiger partial charge in [0.1, 0.15) is 11.9 Å². The SMILES string of the molecule is CCOc1cccnc1OC1CCCN(c2ccnc(NC(=O)Cc3ccc(CC(C)(C)C(=O)O)cc3)n2)C1. The fourth-order valence-electron chi connectivity index (χ4n) is 4.43. The maximum atomic E-state index is 12.7. The third-order valence-corrected chi connectivity index (χ3v) is 6.52. The average molecular weight is 534 g/mol. The molecule has 1 amide bonds. The Kier molecular flexibility index (Phi) is 8.96. The van der Waals surface area contributed by atoms with E-state index in [0.29, 0.717) is 37.0 Å². The van der Waals surface area contributed by atoms with E-state index < -0.39 is 11.4 Å². The highest BCUT2D eigenvalue weighted by Crippen LogP contribution is 2.28. The third-order valence-electron chi connectivity index (χ3n) is 6.52. The molecule has 1 atom stereocenters. The minimum atomic E-state index is -0.855. The number of carbonyl (C=O) groups excluding carboxylic acids is 1. The van der Waals surface area contributed by atoms with E-state index in [4.69, 9.17) is 9.47 Å². The Labute approximate surface area is 228 Å². The second-order valence-corrected chi connectivity index (χ2v) is 10.2. The van der Waals surface area contributed by atoms with Gasteiger partial charge in [-0.05, 0) is 69.4 Å². The van der Waals surface area contributed by atoms with Crippen molar-refractivity contribution in [3.8, 4) is 11.6 Å². The number of anilines is 2. The number of piperidine rings is 1. The number of aromatic nitrogens is 3. The van der Waals surface area contributed by atoms with Gasteiger partial charge >= 0.3 is 5.97 Å². The number of nitrogens with one attached hydrogen (secondary N) is 1. The van der Waals surface area contributed by atoms with E-state index in [0.717, 1.165) is 30.5 Å². The summed E-state index contributed by atoms with van der Waals surface area (Å²) >= 11 is 0. The lowest BCUT2D eigenvalue weighted by Crippen LogP contribution is -2.41. The quantitative estimate of drug-likeness (QED) is 0.374. The molecule has 206 valence electrons. The Morgan fingerprint density at radius 2 is 1.87 bits per heavy atom. The van der Waals surface area contributed by atoms with E-state index in [1.54, 1.807) is 26.2 Å². The topological polar surface area (TPSA) is 127 Å². The molecule has 39 heavy (non-hydrogen) atoms. The highest BCUT2D eigenvalue weighted by Gasteiger charge is 2.27. The van der Waals surface area contributed by atoms with Crippen LogP contribution in [0.3, 0.4) is 0 Å². The number of carboxylic acid groups (broad SMARTS) is 1. The Morgan fingerprint density at radius 1 is 1.10 bits per heavy atom. The van der Waals surface area contributed by atoms with Gasteiger partial charge in [0.05, 0.1) is 25.0 Å². The van der Waals surface area contributed by atoms with Gasteiger partial charge < -0.3 is 19.5 Å². The van der Waals surface area contributed by atoms with Crippen molar-refractivity contribution in [2.45, 2.75) is 52.6 Å². The third kappa shape index (κ3) is 7.66. The molecule has 1 saturated heterocycles. The Hall–Kier alpha value is -4.21. The summed E-state index contributed by atoms with van der Waals surface area (Å²) in [6.07, 6.45) is 5.62. The van der Waals surface area contributed by atoms with Crippen LogP contribution in [-0.4, -0.2) is 57.7 Å². The molecular formula is C29H35N5O5. The lowest BCUT2D eigenvalue weighted by Gasteiger charge is -2.33. The van der Waals surface area contributed by atoms with Gasteiger partial charge in [-0.1, -0.05) is 24.3 Å². The first-order chi connectivity index (χ1) is 18.7. The molecular weight excluding hydrogens is 498 g/mol. The summed E-state index contributed by atoms with van der Waals surface area (Å²) in [4.78, 5) is 39.3. The smallest absolute Gasteiger partial charge is 0.309 e. The maximum absolute atomic E-state index is 12.7. The van der Waals surface area contributed by atoms with Gasteiger partial charge in [-0.2, -0.15) is 4.98 Å². The van der Waals surface area contributed by atoms with Crippen LogP contribution in [0.15, 0.2) is 54.9 Å². The van der Waals surface area contributed by atoms with Crippen molar-refractivity contribution in [3.05, 3.63) is 66.0 Å². The van der Waals surface area contributed by atoms with Crippen molar-refractivity contribution in [3.63, 3.8) is 0 Å². The van der Waals surface area contributed by atoms with Crippen molar-refractivity contribution in [1.82, 2.24) is 15.0 Å². The minimum Gasteiger partial charge on any atom is -0.488 e. The summed E-state index contributed by atoms with van der Waals surface area (Å²) in [5, 5.41) is 12.1. The van der Waals surface area contributed by atoms with Crippen molar-refractivity contribution >= 4 is 23.6 Å². The van der Waals surface area contributed by atoms with Crippen LogP contribution in [-0.2, 0) is 22.4 Å². The van der Waals surface area contributed by atoms with Gasteiger partial charge in [-0.3, -0.25) is 14.9 Å². The van der Waals surface area contributed by atoms with E-state index >= 15 is 0 Å². The van der Waals surface area contributed by atoms with Crippen LogP contribution in [0.4, 0.5) is 11.8 Å². The number of nitrogens with zero attached hydrogens (tertiary/aromatic N) is 4. The maximum Gasteiger partial charge on any atom is 0.309 e. The summed E-state index contributed by atoms with van der Waals surface area (Å²) in [7, 11) is 0. The zero-order chi connectivity index (χ0) is 27.8. The number of hydrogen-bond acceptors (Lipinski definition) is 8. The van der Waals surface area contributed by atoms with Gasteiger partial charge in [0.15, 0.2) is 5.75 Å². The molecule has 10 nitrogen and oxygen atoms in total. The van der Waals surface area contributed by atoms with Gasteiger partial charge in [0.25, 0.3) is 5.88 Å². The number of amides is 1. The summed E-state index contributed by atoms with van der Waals surface area (Å²) in [6.45, 7) is 7.28. The predicted molar refractivity (Wildman–Crippen MR) is 147 cm³/mol. The molecule has 0 aliphatic carbocycles. The van der Waals surface area contributed by atoms with E-state index in [9.17, 15) is 14.7 Å². The molecule has 0 bridgehead atoms. The van der Waals surface area contributed by atoms with Crippen LogP contribution in [0.1, 0.15) is 44.7 Å². The van der Waals surface area contributed by atoms with Gasteiger partial charge in [-0.15, -0.1) is 0 Å². The summed E-state index contributed by atoms with van der Waals surface area (Å²) in [6, 6.07) is 12.9. The second-order valence-electron chi connectivity index (χ2n) is 10.2. The molecule has 3 aromatic rings. The van der Waals surface area contributed by atoms with Crippen molar-refractivity contribution in [1.29, 1.82) is 0 Å². The van der Waals surface area contributed by atoms with E-state index in [1.807, 2.05) is 49.4 Å². The highest BCUT2D eigenvalue weighted by atomic mass is 16.5. The number of benzene rings is 1. The van der Waals surface area contributed by atoms with E-state index in [2.05, 4.69) is 25.2 Å². The molecule has 1 aliphatic rings. The fourth-order valence-corrected chi connectivity index (χ4v) is 4.43. The summed E-state index contributed by atoms with van der Waals surface area (Å²) in [5.74, 6) is 0.992. The molecule has 3 heterocycles. The first-order valence-electron chi connectivity index (χ1n) is 13.2. The van der Waals surface area contributed by atoms with Crippen LogP contribution < -0.4 is 19.7 Å². The van der Waals surface area contributed by atoms with Gasteiger partial charge in [0, 0.05) is 18.9 Å². The van der Waals surface area contributed by atoms with Crippen molar-refractivity contribution in [2.75, 3.05) is 29.9 Å². The van der Waals surface area contributed by atoms with Crippen LogP contribution in [0.5, 0.6) is 11.6 Å². The second kappa shape index (κ2) is 12.6.